The Hall–Kier alpha value is -1.16. The van der Waals surface area contributed by atoms with Crippen LogP contribution in [0, 0.1) is 6.92 Å². The standard InChI is InChI=1S/C11H18N4/c1-8-11(14-7-6-13-8)15-10-5-3-2-4-9(10)12/h6-7,9-10H,2-5,12H2,1H3,(H,14,15)/t9-,10+/m1/s1. The average molecular weight is 206 g/mol. The molecule has 15 heavy (non-hydrogen) atoms. The van der Waals surface area contributed by atoms with E-state index in [2.05, 4.69) is 15.3 Å². The van der Waals surface area contributed by atoms with E-state index in [0.717, 1.165) is 24.4 Å². The molecule has 0 saturated heterocycles. The molecule has 82 valence electrons. The Morgan fingerprint density at radius 3 is 2.73 bits per heavy atom. The molecule has 1 aliphatic carbocycles. The minimum Gasteiger partial charge on any atom is -0.364 e. The number of anilines is 1. The van der Waals surface area contributed by atoms with Crippen LogP contribution in [-0.2, 0) is 0 Å². The molecule has 2 atom stereocenters. The third-order valence-electron chi connectivity index (χ3n) is 3.02. The molecule has 1 saturated carbocycles. The molecular weight excluding hydrogens is 188 g/mol. The zero-order chi connectivity index (χ0) is 10.7. The Labute approximate surface area is 90.3 Å². The molecule has 1 fully saturated rings. The fourth-order valence-electron chi connectivity index (χ4n) is 2.06. The zero-order valence-electron chi connectivity index (χ0n) is 9.11. The first-order valence-corrected chi connectivity index (χ1v) is 5.57. The van der Waals surface area contributed by atoms with Gasteiger partial charge in [-0.3, -0.25) is 4.98 Å². The highest BCUT2D eigenvalue weighted by atomic mass is 15.1. The summed E-state index contributed by atoms with van der Waals surface area (Å²) in [5, 5.41) is 3.40. The fourth-order valence-corrected chi connectivity index (χ4v) is 2.06. The molecule has 0 spiro atoms. The van der Waals surface area contributed by atoms with Crippen molar-refractivity contribution in [1.82, 2.24) is 9.97 Å². The fraction of sp³-hybridized carbons (Fsp3) is 0.636. The highest BCUT2D eigenvalue weighted by Gasteiger charge is 2.22. The Morgan fingerprint density at radius 1 is 1.27 bits per heavy atom. The van der Waals surface area contributed by atoms with Gasteiger partial charge >= 0.3 is 0 Å². The van der Waals surface area contributed by atoms with E-state index in [1.54, 1.807) is 12.4 Å². The largest absolute Gasteiger partial charge is 0.364 e. The molecule has 3 N–H and O–H groups in total. The lowest BCUT2D eigenvalue weighted by Crippen LogP contribution is -2.42. The van der Waals surface area contributed by atoms with Crippen LogP contribution in [0.25, 0.3) is 0 Å². The third-order valence-corrected chi connectivity index (χ3v) is 3.02. The lowest BCUT2D eigenvalue weighted by Gasteiger charge is -2.29. The van der Waals surface area contributed by atoms with E-state index in [9.17, 15) is 0 Å². The second-order valence-corrected chi connectivity index (χ2v) is 4.19. The number of nitrogens with two attached hydrogens (primary N) is 1. The van der Waals surface area contributed by atoms with E-state index in [0.29, 0.717) is 6.04 Å². The van der Waals surface area contributed by atoms with Gasteiger partial charge in [0.15, 0.2) is 0 Å². The van der Waals surface area contributed by atoms with Gasteiger partial charge in [-0.25, -0.2) is 4.98 Å². The van der Waals surface area contributed by atoms with Crippen LogP contribution in [0.4, 0.5) is 5.82 Å². The van der Waals surface area contributed by atoms with Crippen LogP contribution in [0.15, 0.2) is 12.4 Å². The number of hydrogen-bond donors (Lipinski definition) is 2. The van der Waals surface area contributed by atoms with Crippen LogP contribution < -0.4 is 11.1 Å². The molecule has 1 aliphatic rings. The van der Waals surface area contributed by atoms with Gasteiger partial charge in [0.2, 0.25) is 0 Å². The minimum atomic E-state index is 0.250. The maximum absolute atomic E-state index is 6.07. The lowest BCUT2D eigenvalue weighted by atomic mass is 9.91. The second kappa shape index (κ2) is 4.57. The van der Waals surface area contributed by atoms with Crippen molar-refractivity contribution in [2.24, 2.45) is 5.73 Å². The van der Waals surface area contributed by atoms with Gasteiger partial charge in [-0.05, 0) is 19.8 Å². The molecule has 0 radical (unpaired) electrons. The van der Waals surface area contributed by atoms with Gasteiger partial charge in [-0.2, -0.15) is 0 Å². The Balaban J connectivity index is 2.04. The van der Waals surface area contributed by atoms with Gasteiger partial charge in [0.25, 0.3) is 0 Å². The summed E-state index contributed by atoms with van der Waals surface area (Å²) in [7, 11) is 0. The molecule has 0 bridgehead atoms. The molecule has 2 rings (SSSR count). The van der Waals surface area contributed by atoms with Crippen molar-refractivity contribution in [2.45, 2.75) is 44.7 Å². The summed E-state index contributed by atoms with van der Waals surface area (Å²) in [6, 6.07) is 0.606. The van der Waals surface area contributed by atoms with Crippen LogP contribution in [0.3, 0.4) is 0 Å². The van der Waals surface area contributed by atoms with Gasteiger partial charge in [-0.15, -0.1) is 0 Å². The van der Waals surface area contributed by atoms with Crippen molar-refractivity contribution >= 4 is 5.82 Å². The summed E-state index contributed by atoms with van der Waals surface area (Å²) in [5.41, 5.74) is 7.01. The Morgan fingerprint density at radius 2 is 2.00 bits per heavy atom. The van der Waals surface area contributed by atoms with Crippen molar-refractivity contribution < 1.29 is 0 Å². The van der Waals surface area contributed by atoms with Crippen LogP contribution in [0.2, 0.25) is 0 Å². The maximum Gasteiger partial charge on any atom is 0.147 e. The summed E-state index contributed by atoms with van der Waals surface area (Å²) in [6.07, 6.45) is 8.17. The van der Waals surface area contributed by atoms with Gasteiger partial charge < -0.3 is 11.1 Å². The van der Waals surface area contributed by atoms with Crippen molar-refractivity contribution in [3.63, 3.8) is 0 Å². The van der Waals surface area contributed by atoms with Crippen molar-refractivity contribution in [3.05, 3.63) is 18.1 Å². The minimum absolute atomic E-state index is 0.250. The summed E-state index contributed by atoms with van der Waals surface area (Å²) < 4.78 is 0. The van der Waals surface area contributed by atoms with Crippen LogP contribution in [0.1, 0.15) is 31.4 Å². The molecule has 0 amide bonds. The van der Waals surface area contributed by atoms with Crippen LogP contribution in [-0.4, -0.2) is 22.1 Å². The molecular formula is C11H18N4. The highest BCUT2D eigenvalue weighted by Crippen LogP contribution is 2.20. The normalized spacial score (nSPS) is 26.3. The predicted octanol–water partition coefficient (Wildman–Crippen LogP) is 1.47. The van der Waals surface area contributed by atoms with E-state index >= 15 is 0 Å². The number of rotatable bonds is 2. The monoisotopic (exact) mass is 206 g/mol. The quantitative estimate of drug-likeness (QED) is 0.769. The first-order chi connectivity index (χ1) is 7.27. The molecule has 1 aromatic heterocycles. The lowest BCUT2D eigenvalue weighted by molar-refractivity contribution is 0.403. The van der Waals surface area contributed by atoms with Crippen molar-refractivity contribution in [2.75, 3.05) is 5.32 Å². The zero-order valence-corrected chi connectivity index (χ0v) is 9.11. The number of hydrogen-bond acceptors (Lipinski definition) is 4. The van der Waals surface area contributed by atoms with E-state index in [1.807, 2.05) is 6.92 Å². The van der Waals surface area contributed by atoms with Gasteiger partial charge in [0.1, 0.15) is 5.82 Å². The topological polar surface area (TPSA) is 63.8 Å². The molecule has 0 aliphatic heterocycles. The van der Waals surface area contributed by atoms with Crippen LogP contribution >= 0.6 is 0 Å². The Kier molecular flexibility index (Phi) is 3.16. The smallest absolute Gasteiger partial charge is 0.147 e. The van der Waals surface area contributed by atoms with E-state index in [-0.39, 0.29) is 6.04 Å². The molecule has 0 aromatic carbocycles. The maximum atomic E-state index is 6.07. The Bertz CT molecular complexity index is 326. The van der Waals surface area contributed by atoms with Crippen molar-refractivity contribution in [3.8, 4) is 0 Å². The first kappa shape index (κ1) is 10.4. The highest BCUT2D eigenvalue weighted by molar-refractivity contribution is 5.39. The molecule has 1 heterocycles. The van der Waals surface area contributed by atoms with E-state index < -0.39 is 0 Å². The SMILES string of the molecule is Cc1nccnc1N[C@H]1CCCC[C@H]1N. The van der Waals surface area contributed by atoms with Crippen molar-refractivity contribution in [1.29, 1.82) is 0 Å². The summed E-state index contributed by atoms with van der Waals surface area (Å²) in [6.45, 7) is 1.96. The molecule has 4 nitrogen and oxygen atoms in total. The second-order valence-electron chi connectivity index (χ2n) is 4.19. The molecule has 0 unspecified atom stereocenters. The molecule has 1 aromatic rings. The summed E-state index contributed by atoms with van der Waals surface area (Å²) >= 11 is 0. The predicted molar refractivity (Wildman–Crippen MR) is 60.6 cm³/mol. The van der Waals surface area contributed by atoms with E-state index in [4.69, 9.17) is 5.73 Å². The summed E-state index contributed by atoms with van der Waals surface area (Å²) in [4.78, 5) is 8.48. The number of aryl methyl sites for hydroxylation is 1. The third kappa shape index (κ3) is 2.45. The number of nitrogens with one attached hydrogen (secondary N) is 1. The van der Waals surface area contributed by atoms with Gasteiger partial charge in [0, 0.05) is 24.5 Å². The average Bonchev–Trinajstić information content (AvgIpc) is 2.24. The first-order valence-electron chi connectivity index (χ1n) is 5.57. The van der Waals surface area contributed by atoms with E-state index in [1.165, 1.54) is 12.8 Å². The summed E-state index contributed by atoms with van der Waals surface area (Å²) in [5.74, 6) is 0.875. The van der Waals surface area contributed by atoms with Crippen LogP contribution in [0.5, 0.6) is 0 Å². The number of aromatic nitrogens is 2. The number of nitrogens with zero attached hydrogens (tertiary/aromatic N) is 2. The van der Waals surface area contributed by atoms with Gasteiger partial charge in [0.05, 0.1) is 5.69 Å². The van der Waals surface area contributed by atoms with Gasteiger partial charge in [-0.1, -0.05) is 12.8 Å². The molecule has 4 heteroatoms.